The summed E-state index contributed by atoms with van der Waals surface area (Å²) in [5.74, 6) is -0.819. The monoisotopic (exact) mass is 517 g/mol. The third kappa shape index (κ3) is 6.12. The minimum absolute atomic E-state index is 0.160. The normalized spacial score (nSPS) is 12.1. The van der Waals surface area contributed by atoms with E-state index in [0.717, 1.165) is 39.9 Å². The molecule has 6 nitrogen and oxygen atoms in total. The lowest BCUT2D eigenvalue weighted by molar-refractivity contribution is -0.137. The fourth-order valence-corrected chi connectivity index (χ4v) is 4.86. The number of halogens is 3. The Morgan fingerprint density at radius 2 is 1.64 bits per heavy atom. The summed E-state index contributed by atoms with van der Waals surface area (Å²) < 4.78 is 67.3. The molecule has 36 heavy (non-hydrogen) atoms. The number of alkyl halides is 3. The van der Waals surface area contributed by atoms with Gasteiger partial charge in [-0.1, -0.05) is 35.9 Å². The highest BCUT2D eigenvalue weighted by molar-refractivity contribution is 7.92. The van der Waals surface area contributed by atoms with Crippen molar-refractivity contribution >= 4 is 27.8 Å². The molecule has 0 atom stereocenters. The van der Waals surface area contributed by atoms with Crippen molar-refractivity contribution in [3.05, 3.63) is 94.0 Å². The smallest absolute Gasteiger partial charge is 0.271 e. The van der Waals surface area contributed by atoms with Crippen LogP contribution in [-0.2, 0) is 21.0 Å². The van der Waals surface area contributed by atoms with E-state index >= 15 is 0 Å². The van der Waals surface area contributed by atoms with Gasteiger partial charge in [-0.05, 0) is 80.3 Å². The van der Waals surface area contributed by atoms with Gasteiger partial charge in [0.2, 0.25) is 0 Å². The standard InChI is InChI=1S/C26H26F3N3O3S/c1-17-8-12-24(13-9-17)36(34,35)32(23-7-5-6-22(14-23)26(27,28)29)16-25(33)31-30-15-21-11-10-18(2)19(3)20(21)4/h5-15H,16H2,1-4H3,(H,31,33)/b30-15-. The molecule has 0 aliphatic heterocycles. The summed E-state index contributed by atoms with van der Waals surface area (Å²) in [4.78, 5) is 12.5. The Kier molecular flexibility index (Phi) is 7.88. The SMILES string of the molecule is Cc1ccc(S(=O)(=O)N(CC(=O)N/N=C\c2ccc(C)c(C)c2C)c2cccc(C(F)(F)F)c2)cc1. The summed E-state index contributed by atoms with van der Waals surface area (Å²) in [5, 5.41) is 3.92. The first-order valence-corrected chi connectivity index (χ1v) is 12.4. The van der Waals surface area contributed by atoms with E-state index in [1.54, 1.807) is 19.1 Å². The molecular weight excluding hydrogens is 491 g/mol. The van der Waals surface area contributed by atoms with Gasteiger partial charge in [-0.15, -0.1) is 0 Å². The molecule has 3 rings (SSSR count). The molecule has 0 bridgehead atoms. The Balaban J connectivity index is 1.92. The number of anilines is 1. The zero-order valence-corrected chi connectivity index (χ0v) is 21.0. The van der Waals surface area contributed by atoms with Gasteiger partial charge in [0.1, 0.15) is 6.54 Å². The predicted molar refractivity (Wildman–Crippen MR) is 134 cm³/mol. The Morgan fingerprint density at radius 1 is 0.972 bits per heavy atom. The van der Waals surface area contributed by atoms with Gasteiger partial charge >= 0.3 is 6.18 Å². The number of rotatable bonds is 7. The molecule has 0 saturated heterocycles. The van der Waals surface area contributed by atoms with E-state index in [2.05, 4.69) is 10.5 Å². The van der Waals surface area contributed by atoms with Crippen LogP contribution in [0.4, 0.5) is 18.9 Å². The van der Waals surface area contributed by atoms with E-state index in [1.807, 2.05) is 32.9 Å². The van der Waals surface area contributed by atoms with E-state index in [0.29, 0.717) is 10.4 Å². The van der Waals surface area contributed by atoms with E-state index in [9.17, 15) is 26.4 Å². The highest BCUT2D eigenvalue weighted by Crippen LogP contribution is 2.33. The fraction of sp³-hybridized carbons (Fsp3) is 0.231. The number of carbonyl (C=O) groups excluding carboxylic acids is 1. The molecule has 10 heteroatoms. The Morgan fingerprint density at radius 3 is 2.28 bits per heavy atom. The lowest BCUT2D eigenvalue weighted by Gasteiger charge is -2.24. The quantitative estimate of drug-likeness (QED) is 0.342. The molecule has 1 amide bonds. The minimum atomic E-state index is -4.69. The summed E-state index contributed by atoms with van der Waals surface area (Å²) in [6.07, 6.45) is -3.26. The van der Waals surface area contributed by atoms with Gasteiger partial charge < -0.3 is 0 Å². The number of benzene rings is 3. The number of hydrogen-bond donors (Lipinski definition) is 1. The number of nitrogens with one attached hydrogen (secondary N) is 1. The van der Waals surface area contributed by atoms with Crippen LogP contribution in [0.2, 0.25) is 0 Å². The molecule has 3 aromatic rings. The van der Waals surface area contributed by atoms with Crippen LogP contribution >= 0.6 is 0 Å². The average Bonchev–Trinajstić information content (AvgIpc) is 2.82. The van der Waals surface area contributed by atoms with Crippen molar-refractivity contribution in [2.24, 2.45) is 5.10 Å². The molecule has 0 heterocycles. The van der Waals surface area contributed by atoms with Crippen LogP contribution < -0.4 is 9.73 Å². The first-order chi connectivity index (χ1) is 16.8. The maximum Gasteiger partial charge on any atom is 0.416 e. The maximum absolute atomic E-state index is 13.4. The van der Waals surface area contributed by atoms with Crippen LogP contribution in [0.3, 0.4) is 0 Å². The predicted octanol–water partition coefficient (Wildman–Crippen LogP) is 5.28. The highest BCUT2D eigenvalue weighted by atomic mass is 32.2. The summed E-state index contributed by atoms with van der Waals surface area (Å²) >= 11 is 0. The third-order valence-corrected chi connectivity index (χ3v) is 7.64. The fourth-order valence-electron chi connectivity index (χ4n) is 3.45. The lowest BCUT2D eigenvalue weighted by Crippen LogP contribution is -2.39. The second-order valence-corrected chi connectivity index (χ2v) is 10.2. The number of hydrogen-bond acceptors (Lipinski definition) is 4. The van der Waals surface area contributed by atoms with Gasteiger partial charge in [0.15, 0.2) is 0 Å². The molecular formula is C26H26F3N3O3S. The molecule has 3 aromatic carbocycles. The van der Waals surface area contributed by atoms with Crippen LogP contribution in [0.5, 0.6) is 0 Å². The Bertz CT molecular complexity index is 1400. The number of sulfonamides is 1. The minimum Gasteiger partial charge on any atom is -0.271 e. The van der Waals surface area contributed by atoms with E-state index in [4.69, 9.17) is 0 Å². The van der Waals surface area contributed by atoms with Crippen molar-refractivity contribution in [3.63, 3.8) is 0 Å². The number of hydrazone groups is 1. The zero-order chi connectivity index (χ0) is 26.7. The first kappa shape index (κ1) is 26.9. The number of aryl methyl sites for hydroxylation is 2. The number of carbonyl (C=O) groups is 1. The summed E-state index contributed by atoms with van der Waals surface area (Å²) in [7, 11) is -4.37. The van der Waals surface area contributed by atoms with Crippen molar-refractivity contribution in [3.8, 4) is 0 Å². The number of amides is 1. The molecule has 0 radical (unpaired) electrons. The third-order valence-electron chi connectivity index (χ3n) is 5.85. The van der Waals surface area contributed by atoms with E-state index < -0.39 is 34.2 Å². The highest BCUT2D eigenvalue weighted by Gasteiger charge is 2.33. The van der Waals surface area contributed by atoms with Crippen LogP contribution in [0.1, 0.15) is 33.4 Å². The van der Waals surface area contributed by atoms with Crippen LogP contribution in [-0.4, -0.2) is 27.1 Å². The summed E-state index contributed by atoms with van der Waals surface area (Å²) in [6.45, 7) is 6.84. The molecule has 1 N–H and O–H groups in total. The molecule has 0 saturated carbocycles. The Hall–Kier alpha value is -3.66. The van der Waals surface area contributed by atoms with Crippen LogP contribution in [0.15, 0.2) is 70.7 Å². The van der Waals surface area contributed by atoms with Crippen LogP contribution in [0, 0.1) is 27.7 Å². The van der Waals surface area contributed by atoms with E-state index in [-0.39, 0.29) is 10.6 Å². The molecule has 0 aromatic heterocycles. The van der Waals surface area contributed by atoms with Crippen molar-refractivity contribution in [1.29, 1.82) is 0 Å². The molecule has 0 aliphatic rings. The van der Waals surface area contributed by atoms with Crippen LogP contribution in [0.25, 0.3) is 0 Å². The molecule has 0 spiro atoms. The molecule has 0 aliphatic carbocycles. The van der Waals surface area contributed by atoms with Gasteiger partial charge in [0.05, 0.1) is 22.4 Å². The molecule has 0 unspecified atom stereocenters. The average molecular weight is 518 g/mol. The van der Waals surface area contributed by atoms with Gasteiger partial charge in [0.25, 0.3) is 15.9 Å². The molecule has 190 valence electrons. The van der Waals surface area contributed by atoms with Gasteiger partial charge in [0, 0.05) is 0 Å². The van der Waals surface area contributed by atoms with Crippen molar-refractivity contribution < 1.29 is 26.4 Å². The zero-order valence-electron chi connectivity index (χ0n) is 20.2. The molecule has 0 fully saturated rings. The summed E-state index contributed by atoms with van der Waals surface area (Å²) in [5.41, 5.74) is 5.66. The Labute approximate surface area is 208 Å². The first-order valence-electron chi connectivity index (χ1n) is 11.0. The van der Waals surface area contributed by atoms with Gasteiger partial charge in [-0.2, -0.15) is 18.3 Å². The summed E-state index contributed by atoms with van der Waals surface area (Å²) in [6, 6.07) is 13.4. The topological polar surface area (TPSA) is 78.8 Å². The second-order valence-electron chi connectivity index (χ2n) is 8.39. The lowest BCUT2D eigenvalue weighted by atomic mass is 10.00. The van der Waals surface area contributed by atoms with Crippen molar-refractivity contribution in [2.45, 2.75) is 38.8 Å². The maximum atomic E-state index is 13.4. The second kappa shape index (κ2) is 10.5. The van der Waals surface area contributed by atoms with Crippen molar-refractivity contribution in [2.75, 3.05) is 10.8 Å². The van der Waals surface area contributed by atoms with Crippen molar-refractivity contribution in [1.82, 2.24) is 5.43 Å². The number of nitrogens with zero attached hydrogens (tertiary/aromatic N) is 2. The van der Waals surface area contributed by atoms with Gasteiger partial charge in [-0.25, -0.2) is 13.8 Å². The largest absolute Gasteiger partial charge is 0.416 e. The van der Waals surface area contributed by atoms with E-state index in [1.165, 1.54) is 24.4 Å². The van der Waals surface area contributed by atoms with Gasteiger partial charge in [-0.3, -0.25) is 9.10 Å².